The molecule has 1 saturated heterocycles. The van der Waals surface area contributed by atoms with Crippen LogP contribution in [0.2, 0.25) is 5.02 Å². The Balaban J connectivity index is 1.40. The molecule has 1 atom stereocenters. The number of rotatable bonds is 6. The maximum atomic E-state index is 12.5. The van der Waals surface area contributed by atoms with E-state index in [0.717, 1.165) is 23.4 Å². The molecule has 0 aliphatic carbocycles. The van der Waals surface area contributed by atoms with E-state index in [-0.39, 0.29) is 11.8 Å². The van der Waals surface area contributed by atoms with E-state index in [2.05, 4.69) is 10.1 Å². The van der Waals surface area contributed by atoms with E-state index in [9.17, 15) is 4.79 Å². The Hall–Kier alpha value is -2.86. The summed E-state index contributed by atoms with van der Waals surface area (Å²) in [5, 5.41) is 4.77. The van der Waals surface area contributed by atoms with E-state index in [1.807, 2.05) is 49.4 Å². The number of methoxy groups -OCH3 is 1. The molecule has 0 saturated carbocycles. The van der Waals surface area contributed by atoms with Crippen molar-refractivity contribution in [2.24, 2.45) is 0 Å². The van der Waals surface area contributed by atoms with Crippen LogP contribution in [0.25, 0.3) is 0 Å². The topological polar surface area (TPSA) is 68.5 Å². The van der Waals surface area contributed by atoms with E-state index in [0.29, 0.717) is 36.1 Å². The van der Waals surface area contributed by atoms with E-state index < -0.39 is 0 Å². The minimum Gasteiger partial charge on any atom is -0.497 e. The second-order valence-electron chi connectivity index (χ2n) is 7.23. The molecule has 0 bridgehead atoms. The molecular formula is C22H22ClN3O3. The summed E-state index contributed by atoms with van der Waals surface area (Å²) in [6.07, 6.45) is 1.81. The smallest absolute Gasteiger partial charge is 0.227 e. The Labute approximate surface area is 174 Å². The van der Waals surface area contributed by atoms with Crippen LogP contribution in [-0.4, -0.2) is 29.7 Å². The second-order valence-corrected chi connectivity index (χ2v) is 7.64. The predicted octanol–water partition coefficient (Wildman–Crippen LogP) is 4.35. The minimum atomic E-state index is -0.0823. The third-order valence-corrected chi connectivity index (χ3v) is 5.63. The zero-order valence-electron chi connectivity index (χ0n) is 16.4. The van der Waals surface area contributed by atoms with Gasteiger partial charge in [0.25, 0.3) is 0 Å². The molecule has 29 heavy (non-hydrogen) atoms. The number of nitrogens with zero attached hydrogens (tertiary/aromatic N) is 3. The third kappa shape index (κ3) is 4.27. The lowest BCUT2D eigenvalue weighted by atomic mass is 10.1. The SMILES string of the molecule is COc1ccc(CCc2nc(C3CC(=O)N(c4ccc(C)c(Cl)c4)C3)no2)cc1. The Morgan fingerprint density at radius 1 is 1.21 bits per heavy atom. The third-order valence-electron chi connectivity index (χ3n) is 5.23. The van der Waals surface area contributed by atoms with Crippen molar-refractivity contribution in [3.63, 3.8) is 0 Å². The van der Waals surface area contributed by atoms with Crippen LogP contribution in [0.1, 0.15) is 35.2 Å². The number of carbonyl (C=O) groups excluding carboxylic acids is 1. The summed E-state index contributed by atoms with van der Waals surface area (Å²) in [5.41, 5.74) is 2.96. The summed E-state index contributed by atoms with van der Waals surface area (Å²) < 4.78 is 10.6. The maximum absolute atomic E-state index is 12.5. The molecule has 3 aromatic rings. The number of halogens is 1. The maximum Gasteiger partial charge on any atom is 0.227 e. The lowest BCUT2D eigenvalue weighted by Gasteiger charge is -2.17. The Morgan fingerprint density at radius 3 is 2.72 bits per heavy atom. The number of aromatic nitrogens is 2. The fourth-order valence-electron chi connectivity index (χ4n) is 3.46. The highest BCUT2D eigenvalue weighted by Gasteiger charge is 2.34. The van der Waals surface area contributed by atoms with Crippen LogP contribution in [0, 0.1) is 6.92 Å². The molecule has 1 aliphatic heterocycles. The van der Waals surface area contributed by atoms with Crippen LogP contribution in [0.4, 0.5) is 5.69 Å². The van der Waals surface area contributed by atoms with Gasteiger partial charge in [-0.25, -0.2) is 0 Å². The van der Waals surface area contributed by atoms with Gasteiger partial charge in [-0.15, -0.1) is 0 Å². The van der Waals surface area contributed by atoms with Crippen molar-refractivity contribution in [3.8, 4) is 5.75 Å². The average Bonchev–Trinajstić information content (AvgIpc) is 3.35. The standard InChI is InChI=1S/C22H22ClN3O3/c1-14-3-7-17(12-19(14)23)26-13-16(11-21(26)27)22-24-20(29-25-22)10-6-15-4-8-18(28-2)9-5-15/h3-5,7-9,12,16H,6,10-11,13H2,1-2H3. The summed E-state index contributed by atoms with van der Waals surface area (Å²) in [5.74, 6) is 1.96. The van der Waals surface area contributed by atoms with Crippen LogP contribution >= 0.6 is 11.6 Å². The van der Waals surface area contributed by atoms with E-state index in [1.165, 1.54) is 5.56 Å². The van der Waals surface area contributed by atoms with Crippen LogP contribution in [0.15, 0.2) is 47.0 Å². The van der Waals surface area contributed by atoms with E-state index in [4.69, 9.17) is 20.9 Å². The first-order valence-corrected chi connectivity index (χ1v) is 9.93. The van der Waals surface area contributed by atoms with Gasteiger partial charge in [0.15, 0.2) is 5.82 Å². The lowest BCUT2D eigenvalue weighted by molar-refractivity contribution is -0.117. The molecule has 4 rings (SSSR count). The largest absolute Gasteiger partial charge is 0.497 e. The van der Waals surface area contributed by atoms with Crippen molar-refractivity contribution in [1.82, 2.24) is 10.1 Å². The van der Waals surface area contributed by atoms with Crippen LogP contribution in [-0.2, 0) is 17.6 Å². The van der Waals surface area contributed by atoms with E-state index in [1.54, 1.807) is 12.0 Å². The predicted molar refractivity (Wildman–Crippen MR) is 111 cm³/mol. The molecule has 6 nitrogen and oxygen atoms in total. The summed E-state index contributed by atoms with van der Waals surface area (Å²) in [6, 6.07) is 13.6. The number of hydrogen-bond acceptors (Lipinski definition) is 5. The molecule has 1 aromatic heterocycles. The molecule has 1 fully saturated rings. The fourth-order valence-corrected chi connectivity index (χ4v) is 3.63. The molecule has 0 radical (unpaired) electrons. The van der Waals surface area contributed by atoms with Crippen LogP contribution < -0.4 is 9.64 Å². The normalized spacial score (nSPS) is 16.4. The van der Waals surface area contributed by atoms with Gasteiger partial charge in [-0.2, -0.15) is 4.98 Å². The minimum absolute atomic E-state index is 0.0412. The molecule has 2 heterocycles. The van der Waals surface area contributed by atoms with Gasteiger partial charge in [0.05, 0.1) is 7.11 Å². The van der Waals surface area contributed by atoms with E-state index >= 15 is 0 Å². The van der Waals surface area contributed by atoms with Gasteiger partial charge in [-0.1, -0.05) is 35.0 Å². The second kappa shape index (κ2) is 8.25. The van der Waals surface area contributed by atoms with Gasteiger partial charge in [0, 0.05) is 36.0 Å². The first-order chi connectivity index (χ1) is 14.0. The average molecular weight is 412 g/mol. The van der Waals surface area contributed by atoms with Crippen molar-refractivity contribution in [2.75, 3.05) is 18.6 Å². The molecule has 150 valence electrons. The fraction of sp³-hybridized carbons (Fsp3) is 0.318. The number of carbonyl (C=O) groups is 1. The number of ether oxygens (including phenoxy) is 1. The van der Waals surface area contributed by atoms with Crippen LogP contribution in [0.5, 0.6) is 5.75 Å². The number of anilines is 1. The van der Waals surface area contributed by atoms with Crippen molar-refractivity contribution in [3.05, 3.63) is 70.3 Å². The Morgan fingerprint density at radius 2 is 2.00 bits per heavy atom. The molecule has 0 spiro atoms. The van der Waals surface area contributed by atoms with Crippen molar-refractivity contribution >= 4 is 23.2 Å². The highest BCUT2D eigenvalue weighted by molar-refractivity contribution is 6.31. The van der Waals surface area contributed by atoms with Gasteiger partial charge in [-0.05, 0) is 48.7 Å². The number of benzene rings is 2. The molecule has 1 amide bonds. The van der Waals surface area contributed by atoms with Gasteiger partial charge in [0.2, 0.25) is 11.8 Å². The lowest BCUT2D eigenvalue weighted by Crippen LogP contribution is -2.24. The van der Waals surface area contributed by atoms with Gasteiger partial charge < -0.3 is 14.2 Å². The van der Waals surface area contributed by atoms with Crippen molar-refractivity contribution in [2.45, 2.75) is 32.1 Å². The summed E-state index contributed by atoms with van der Waals surface area (Å²) >= 11 is 6.21. The molecule has 0 N–H and O–H groups in total. The highest BCUT2D eigenvalue weighted by atomic mass is 35.5. The summed E-state index contributed by atoms with van der Waals surface area (Å²) in [7, 11) is 1.65. The summed E-state index contributed by atoms with van der Waals surface area (Å²) in [6.45, 7) is 2.46. The highest BCUT2D eigenvalue weighted by Crippen LogP contribution is 2.32. The Kier molecular flexibility index (Phi) is 5.53. The zero-order valence-corrected chi connectivity index (χ0v) is 17.1. The molecule has 7 heteroatoms. The molecular weight excluding hydrogens is 390 g/mol. The zero-order chi connectivity index (χ0) is 20.4. The van der Waals surface area contributed by atoms with Gasteiger partial charge in [0.1, 0.15) is 5.75 Å². The number of amides is 1. The quantitative estimate of drug-likeness (QED) is 0.603. The molecule has 1 unspecified atom stereocenters. The van der Waals surface area contributed by atoms with Crippen molar-refractivity contribution < 1.29 is 14.1 Å². The van der Waals surface area contributed by atoms with Gasteiger partial charge in [-0.3, -0.25) is 4.79 Å². The van der Waals surface area contributed by atoms with Crippen LogP contribution in [0.3, 0.4) is 0 Å². The number of aryl methyl sites for hydroxylation is 3. The summed E-state index contributed by atoms with van der Waals surface area (Å²) in [4.78, 5) is 18.8. The molecule has 2 aromatic carbocycles. The first kappa shape index (κ1) is 19.5. The monoisotopic (exact) mass is 411 g/mol. The van der Waals surface area contributed by atoms with Crippen molar-refractivity contribution in [1.29, 1.82) is 0 Å². The number of hydrogen-bond donors (Lipinski definition) is 0. The van der Waals surface area contributed by atoms with Gasteiger partial charge >= 0.3 is 0 Å². The Bertz CT molecular complexity index is 1020. The molecule has 1 aliphatic rings. The first-order valence-electron chi connectivity index (χ1n) is 9.55.